The van der Waals surface area contributed by atoms with Crippen molar-refractivity contribution in [1.29, 1.82) is 0 Å². The third kappa shape index (κ3) is 4.17. The molecule has 2 unspecified atom stereocenters. The van der Waals surface area contributed by atoms with Crippen LogP contribution in [-0.4, -0.2) is 37.3 Å². The van der Waals surface area contributed by atoms with Crippen LogP contribution in [-0.2, 0) is 11.3 Å². The molecule has 1 N–H and O–H groups in total. The monoisotopic (exact) mass is 291 g/mol. The summed E-state index contributed by atoms with van der Waals surface area (Å²) in [6.45, 7) is 11.6. The van der Waals surface area contributed by atoms with E-state index in [9.17, 15) is 0 Å². The minimum Gasteiger partial charge on any atom is -0.379 e. The Balaban J connectivity index is 2.19. The van der Waals surface area contributed by atoms with Gasteiger partial charge in [0, 0.05) is 55.9 Å². The number of nitrogens with zero attached hydrogens (tertiary/aromatic N) is 2. The number of ether oxygens (including phenoxy) is 1. The van der Waals surface area contributed by atoms with Crippen molar-refractivity contribution in [3.8, 4) is 0 Å². The number of hydrogen-bond donors (Lipinski definition) is 1. The number of piperidine rings is 1. The van der Waals surface area contributed by atoms with Gasteiger partial charge in [0.1, 0.15) is 0 Å². The average molecular weight is 291 g/mol. The highest BCUT2D eigenvalue weighted by molar-refractivity contribution is 5.54. The lowest BCUT2D eigenvalue weighted by molar-refractivity contribution is 0.0498. The van der Waals surface area contributed by atoms with Gasteiger partial charge in [-0.1, -0.05) is 20.8 Å². The van der Waals surface area contributed by atoms with Gasteiger partial charge in [0.25, 0.3) is 0 Å². The molecule has 1 aromatic heterocycles. The Bertz CT molecular complexity index is 461. The van der Waals surface area contributed by atoms with Crippen LogP contribution in [0.25, 0.3) is 0 Å². The highest BCUT2D eigenvalue weighted by Crippen LogP contribution is 2.28. The maximum Gasteiger partial charge on any atom is 0.0772 e. The summed E-state index contributed by atoms with van der Waals surface area (Å²) in [6.07, 6.45) is 3.51. The van der Waals surface area contributed by atoms with Crippen LogP contribution in [0.3, 0.4) is 0 Å². The second kappa shape index (κ2) is 7.23. The molecule has 0 radical (unpaired) electrons. The maximum atomic E-state index is 5.65. The van der Waals surface area contributed by atoms with Crippen molar-refractivity contribution < 1.29 is 4.74 Å². The van der Waals surface area contributed by atoms with Crippen LogP contribution < -0.4 is 10.2 Å². The summed E-state index contributed by atoms with van der Waals surface area (Å²) in [5, 5.41) is 3.50. The van der Waals surface area contributed by atoms with E-state index in [4.69, 9.17) is 4.74 Å². The number of aromatic nitrogens is 1. The quantitative estimate of drug-likeness (QED) is 0.905. The number of aryl methyl sites for hydroxylation is 1. The van der Waals surface area contributed by atoms with E-state index in [2.05, 4.69) is 49.0 Å². The van der Waals surface area contributed by atoms with E-state index < -0.39 is 0 Å². The standard InChI is InChI=1S/C17H29N3O/c1-12(2)18-9-15-10-19-14(4)8-16(15)20-7-6-13(3)17(11-20)21-5/h8,10,12-13,17-18H,6-7,9,11H2,1-5H3. The van der Waals surface area contributed by atoms with E-state index in [0.29, 0.717) is 18.1 Å². The number of rotatable bonds is 5. The van der Waals surface area contributed by atoms with Crippen LogP contribution >= 0.6 is 0 Å². The molecule has 1 saturated heterocycles. The summed E-state index contributed by atoms with van der Waals surface area (Å²) in [7, 11) is 1.82. The van der Waals surface area contributed by atoms with Crippen LogP contribution in [0.5, 0.6) is 0 Å². The molecule has 1 aliphatic heterocycles. The van der Waals surface area contributed by atoms with E-state index in [0.717, 1.165) is 25.3 Å². The lowest BCUT2D eigenvalue weighted by Crippen LogP contribution is -2.44. The number of hydrogen-bond acceptors (Lipinski definition) is 4. The molecular formula is C17H29N3O. The largest absolute Gasteiger partial charge is 0.379 e. The fourth-order valence-electron chi connectivity index (χ4n) is 2.88. The lowest BCUT2D eigenvalue weighted by atomic mass is 9.95. The highest BCUT2D eigenvalue weighted by Gasteiger charge is 2.27. The van der Waals surface area contributed by atoms with E-state index in [1.165, 1.54) is 17.7 Å². The third-order valence-electron chi connectivity index (χ3n) is 4.33. The Morgan fingerprint density at radius 3 is 2.90 bits per heavy atom. The molecule has 1 fully saturated rings. The average Bonchev–Trinajstić information content (AvgIpc) is 2.46. The molecule has 1 aliphatic rings. The van der Waals surface area contributed by atoms with Gasteiger partial charge in [0.2, 0.25) is 0 Å². The first kappa shape index (κ1) is 16.2. The van der Waals surface area contributed by atoms with Crippen LogP contribution in [0.15, 0.2) is 12.3 Å². The fourth-order valence-corrected chi connectivity index (χ4v) is 2.88. The molecule has 21 heavy (non-hydrogen) atoms. The van der Waals surface area contributed by atoms with E-state index in [1.54, 1.807) is 0 Å². The highest BCUT2D eigenvalue weighted by atomic mass is 16.5. The van der Waals surface area contributed by atoms with E-state index in [1.807, 2.05) is 13.3 Å². The summed E-state index contributed by atoms with van der Waals surface area (Å²) in [6, 6.07) is 2.69. The van der Waals surface area contributed by atoms with E-state index in [-0.39, 0.29) is 0 Å². The molecule has 2 atom stereocenters. The predicted molar refractivity (Wildman–Crippen MR) is 87.7 cm³/mol. The van der Waals surface area contributed by atoms with Crippen molar-refractivity contribution in [1.82, 2.24) is 10.3 Å². The summed E-state index contributed by atoms with van der Waals surface area (Å²) < 4.78 is 5.65. The molecule has 0 amide bonds. The van der Waals surface area contributed by atoms with Crippen LogP contribution in [0.4, 0.5) is 5.69 Å². The van der Waals surface area contributed by atoms with Crippen LogP contribution in [0.2, 0.25) is 0 Å². The van der Waals surface area contributed by atoms with Gasteiger partial charge in [0.15, 0.2) is 0 Å². The molecular weight excluding hydrogens is 262 g/mol. The molecule has 2 heterocycles. The Morgan fingerprint density at radius 1 is 1.48 bits per heavy atom. The molecule has 4 nitrogen and oxygen atoms in total. The molecule has 0 aliphatic carbocycles. The van der Waals surface area contributed by atoms with E-state index >= 15 is 0 Å². The molecule has 1 aromatic rings. The Labute approximate surface area is 128 Å². The second-order valence-electron chi connectivity index (χ2n) is 6.48. The number of anilines is 1. The SMILES string of the molecule is COC1CN(c2cc(C)ncc2CNC(C)C)CCC1C. The Hall–Kier alpha value is -1.13. The van der Waals surface area contributed by atoms with Gasteiger partial charge in [-0.3, -0.25) is 4.98 Å². The van der Waals surface area contributed by atoms with Crippen molar-refractivity contribution in [2.45, 2.75) is 52.8 Å². The summed E-state index contributed by atoms with van der Waals surface area (Å²) in [5.41, 5.74) is 3.66. The summed E-state index contributed by atoms with van der Waals surface area (Å²) in [4.78, 5) is 6.93. The molecule has 4 heteroatoms. The van der Waals surface area contributed by atoms with Crippen molar-refractivity contribution >= 4 is 5.69 Å². The van der Waals surface area contributed by atoms with Gasteiger partial charge in [0.05, 0.1) is 6.10 Å². The second-order valence-corrected chi connectivity index (χ2v) is 6.48. The van der Waals surface area contributed by atoms with Gasteiger partial charge >= 0.3 is 0 Å². The van der Waals surface area contributed by atoms with Crippen LogP contribution in [0, 0.1) is 12.8 Å². The van der Waals surface area contributed by atoms with Gasteiger partial charge in [-0.25, -0.2) is 0 Å². The molecule has 0 saturated carbocycles. The Morgan fingerprint density at radius 2 is 2.24 bits per heavy atom. The van der Waals surface area contributed by atoms with Gasteiger partial charge < -0.3 is 15.0 Å². The zero-order valence-electron chi connectivity index (χ0n) is 14.0. The van der Waals surface area contributed by atoms with Gasteiger partial charge in [-0.15, -0.1) is 0 Å². The zero-order valence-corrected chi connectivity index (χ0v) is 14.0. The first-order valence-electron chi connectivity index (χ1n) is 7.98. The summed E-state index contributed by atoms with van der Waals surface area (Å²) in [5.74, 6) is 0.631. The van der Waals surface area contributed by atoms with Crippen molar-refractivity contribution in [2.75, 3.05) is 25.1 Å². The molecule has 2 rings (SSSR count). The van der Waals surface area contributed by atoms with Gasteiger partial charge in [-0.2, -0.15) is 0 Å². The maximum absolute atomic E-state index is 5.65. The molecule has 0 spiro atoms. The Kier molecular flexibility index (Phi) is 5.59. The van der Waals surface area contributed by atoms with Crippen molar-refractivity contribution in [2.24, 2.45) is 5.92 Å². The van der Waals surface area contributed by atoms with Gasteiger partial charge in [-0.05, 0) is 25.3 Å². The first-order chi connectivity index (χ1) is 10.0. The molecule has 118 valence electrons. The first-order valence-corrected chi connectivity index (χ1v) is 7.98. The molecule has 0 bridgehead atoms. The number of nitrogens with one attached hydrogen (secondary N) is 1. The molecule has 0 aromatic carbocycles. The number of methoxy groups -OCH3 is 1. The van der Waals surface area contributed by atoms with Crippen molar-refractivity contribution in [3.05, 3.63) is 23.5 Å². The third-order valence-corrected chi connectivity index (χ3v) is 4.33. The minimum absolute atomic E-state index is 0.318. The fraction of sp³-hybridized carbons (Fsp3) is 0.706. The zero-order chi connectivity index (χ0) is 15.4. The minimum atomic E-state index is 0.318. The lowest BCUT2D eigenvalue weighted by Gasteiger charge is -2.38. The number of pyridine rings is 1. The predicted octanol–water partition coefficient (Wildman–Crippen LogP) is 2.75. The topological polar surface area (TPSA) is 37.4 Å². The summed E-state index contributed by atoms with van der Waals surface area (Å²) >= 11 is 0. The van der Waals surface area contributed by atoms with Crippen molar-refractivity contribution in [3.63, 3.8) is 0 Å². The smallest absolute Gasteiger partial charge is 0.0772 e. The van der Waals surface area contributed by atoms with Crippen LogP contribution in [0.1, 0.15) is 38.4 Å². The normalized spacial score (nSPS) is 22.9.